The first-order valence-corrected chi connectivity index (χ1v) is 12.0. The number of rotatable bonds is 8. The molecule has 3 aromatic rings. The van der Waals surface area contributed by atoms with E-state index in [9.17, 15) is 14.4 Å². The molecular weight excluding hydrogens is 438 g/mol. The summed E-state index contributed by atoms with van der Waals surface area (Å²) >= 11 is 1.70. The van der Waals surface area contributed by atoms with Crippen molar-refractivity contribution in [1.82, 2.24) is 10.2 Å². The Bertz CT molecular complexity index is 1070. The van der Waals surface area contributed by atoms with Gasteiger partial charge in [-0.1, -0.05) is 12.1 Å². The first kappa shape index (κ1) is 22.8. The van der Waals surface area contributed by atoms with Crippen LogP contribution in [0.3, 0.4) is 0 Å². The van der Waals surface area contributed by atoms with Crippen LogP contribution in [0.4, 0.5) is 5.69 Å². The molecule has 7 nitrogen and oxygen atoms in total. The van der Waals surface area contributed by atoms with Crippen molar-refractivity contribution in [2.45, 2.75) is 38.1 Å². The van der Waals surface area contributed by atoms with Crippen molar-refractivity contribution in [3.63, 3.8) is 0 Å². The molecule has 2 aromatic heterocycles. The fourth-order valence-electron chi connectivity index (χ4n) is 3.89. The van der Waals surface area contributed by atoms with Gasteiger partial charge in [-0.3, -0.25) is 14.4 Å². The molecule has 1 fully saturated rings. The molecule has 3 amide bonds. The third-order valence-electron chi connectivity index (χ3n) is 5.66. The molecule has 0 aliphatic carbocycles. The van der Waals surface area contributed by atoms with E-state index in [0.717, 1.165) is 12.8 Å². The lowest BCUT2D eigenvalue weighted by molar-refractivity contribution is -0.116. The monoisotopic (exact) mass is 465 g/mol. The molecule has 4 rings (SSSR count). The van der Waals surface area contributed by atoms with Gasteiger partial charge < -0.3 is 20.0 Å². The van der Waals surface area contributed by atoms with Crippen molar-refractivity contribution in [3.8, 4) is 0 Å². The molecule has 0 radical (unpaired) electrons. The van der Waals surface area contributed by atoms with Gasteiger partial charge in [-0.05, 0) is 67.5 Å². The molecule has 1 aliphatic heterocycles. The standard InChI is InChI=1S/C25H27N3O4S/c29-23(10-2-7-21-8-4-16-33-21)26-20-6-1-5-18(17-20)24(30)27-19-11-13-28(14-12-19)25(31)22-9-3-15-32-22/h1,3-6,8-9,15-17,19H,2,7,10-14H2,(H,26,29)(H,27,30). The number of furan rings is 1. The average molecular weight is 466 g/mol. The second-order valence-corrected chi connectivity index (χ2v) is 9.11. The van der Waals surface area contributed by atoms with E-state index in [2.05, 4.69) is 16.7 Å². The summed E-state index contributed by atoms with van der Waals surface area (Å²) in [7, 11) is 0. The van der Waals surface area contributed by atoms with E-state index in [1.807, 2.05) is 11.4 Å². The second-order valence-electron chi connectivity index (χ2n) is 8.08. The van der Waals surface area contributed by atoms with Crippen LogP contribution in [0.1, 0.15) is 51.5 Å². The molecule has 0 spiro atoms. The predicted molar refractivity (Wildman–Crippen MR) is 127 cm³/mol. The second kappa shape index (κ2) is 11.0. The van der Waals surface area contributed by atoms with Crippen LogP contribution in [0.5, 0.6) is 0 Å². The van der Waals surface area contributed by atoms with E-state index in [-0.39, 0.29) is 23.8 Å². The van der Waals surface area contributed by atoms with Crippen molar-refractivity contribution in [1.29, 1.82) is 0 Å². The van der Waals surface area contributed by atoms with Gasteiger partial charge in [0, 0.05) is 41.7 Å². The highest BCUT2D eigenvalue weighted by Crippen LogP contribution is 2.17. The van der Waals surface area contributed by atoms with E-state index < -0.39 is 0 Å². The Labute approximate surface area is 196 Å². The smallest absolute Gasteiger partial charge is 0.289 e. The summed E-state index contributed by atoms with van der Waals surface area (Å²) in [4.78, 5) is 40.4. The Balaban J connectivity index is 1.23. The quantitative estimate of drug-likeness (QED) is 0.518. The van der Waals surface area contributed by atoms with Crippen LogP contribution in [0.2, 0.25) is 0 Å². The van der Waals surface area contributed by atoms with Crippen molar-refractivity contribution in [2.24, 2.45) is 0 Å². The van der Waals surface area contributed by atoms with E-state index >= 15 is 0 Å². The Kier molecular flexibility index (Phi) is 7.57. The van der Waals surface area contributed by atoms with Crippen molar-refractivity contribution in [2.75, 3.05) is 18.4 Å². The summed E-state index contributed by atoms with van der Waals surface area (Å²) in [5.74, 6) is -0.0243. The summed E-state index contributed by atoms with van der Waals surface area (Å²) in [5, 5.41) is 7.97. The summed E-state index contributed by atoms with van der Waals surface area (Å²) in [6.07, 6.45) is 4.95. The summed E-state index contributed by atoms with van der Waals surface area (Å²) in [6.45, 7) is 1.12. The van der Waals surface area contributed by atoms with Gasteiger partial charge in [-0.15, -0.1) is 11.3 Å². The van der Waals surface area contributed by atoms with Gasteiger partial charge in [0.05, 0.1) is 6.26 Å². The number of benzene rings is 1. The number of carbonyl (C=O) groups is 3. The third kappa shape index (κ3) is 6.32. The molecule has 33 heavy (non-hydrogen) atoms. The molecular formula is C25H27N3O4S. The van der Waals surface area contributed by atoms with E-state index in [1.165, 1.54) is 11.1 Å². The SMILES string of the molecule is O=C(CCCc1cccs1)Nc1cccc(C(=O)NC2CCN(C(=O)c3ccco3)CC2)c1. The topological polar surface area (TPSA) is 91.7 Å². The van der Waals surface area contributed by atoms with Crippen LogP contribution in [-0.2, 0) is 11.2 Å². The Morgan fingerprint density at radius 3 is 2.64 bits per heavy atom. The Hall–Kier alpha value is -3.39. The van der Waals surface area contributed by atoms with Crippen LogP contribution in [0, 0.1) is 0 Å². The predicted octanol–water partition coefficient (Wildman–Crippen LogP) is 4.34. The summed E-state index contributed by atoms with van der Waals surface area (Å²) in [5.41, 5.74) is 1.11. The lowest BCUT2D eigenvalue weighted by atomic mass is 10.0. The molecule has 3 heterocycles. The zero-order valence-corrected chi connectivity index (χ0v) is 19.1. The maximum Gasteiger partial charge on any atom is 0.289 e. The number of thiophene rings is 1. The van der Waals surface area contributed by atoms with Crippen molar-refractivity contribution < 1.29 is 18.8 Å². The minimum atomic E-state index is -0.181. The molecule has 0 atom stereocenters. The molecule has 0 unspecified atom stereocenters. The third-order valence-corrected chi connectivity index (χ3v) is 6.60. The number of amides is 3. The highest BCUT2D eigenvalue weighted by Gasteiger charge is 2.26. The highest BCUT2D eigenvalue weighted by molar-refractivity contribution is 7.09. The summed E-state index contributed by atoms with van der Waals surface area (Å²) in [6, 6.07) is 14.4. The minimum absolute atomic E-state index is 0.00588. The van der Waals surface area contributed by atoms with Crippen LogP contribution in [0.25, 0.3) is 0 Å². The molecule has 1 saturated heterocycles. The van der Waals surface area contributed by atoms with Gasteiger partial charge in [-0.25, -0.2) is 0 Å². The molecule has 8 heteroatoms. The number of piperidine rings is 1. The van der Waals surface area contributed by atoms with Crippen molar-refractivity contribution >= 4 is 34.7 Å². The van der Waals surface area contributed by atoms with Gasteiger partial charge in [-0.2, -0.15) is 0 Å². The van der Waals surface area contributed by atoms with Crippen molar-refractivity contribution in [3.05, 3.63) is 76.4 Å². The van der Waals surface area contributed by atoms with Crippen LogP contribution >= 0.6 is 11.3 Å². The Morgan fingerprint density at radius 1 is 1.06 bits per heavy atom. The Morgan fingerprint density at radius 2 is 1.91 bits per heavy atom. The molecule has 0 saturated carbocycles. The zero-order chi connectivity index (χ0) is 23.0. The average Bonchev–Trinajstić information content (AvgIpc) is 3.54. The zero-order valence-electron chi connectivity index (χ0n) is 18.3. The normalized spacial score (nSPS) is 14.1. The van der Waals surface area contributed by atoms with Gasteiger partial charge in [0.25, 0.3) is 11.8 Å². The lowest BCUT2D eigenvalue weighted by Crippen LogP contribution is -2.46. The molecule has 172 valence electrons. The van der Waals surface area contributed by atoms with Crippen LogP contribution in [-0.4, -0.2) is 41.8 Å². The molecule has 0 bridgehead atoms. The largest absolute Gasteiger partial charge is 0.459 e. The maximum absolute atomic E-state index is 12.7. The number of nitrogens with zero attached hydrogens (tertiary/aromatic N) is 1. The fourth-order valence-corrected chi connectivity index (χ4v) is 4.64. The first-order valence-electron chi connectivity index (χ1n) is 11.1. The number of likely N-dealkylation sites (tertiary alicyclic amines) is 1. The fraction of sp³-hybridized carbons (Fsp3) is 0.320. The van der Waals surface area contributed by atoms with E-state index in [4.69, 9.17) is 4.42 Å². The molecule has 2 N–H and O–H groups in total. The van der Waals surface area contributed by atoms with Gasteiger partial charge >= 0.3 is 0 Å². The summed E-state index contributed by atoms with van der Waals surface area (Å²) < 4.78 is 5.18. The number of nitrogens with one attached hydrogen (secondary N) is 2. The van der Waals surface area contributed by atoms with Crippen LogP contribution in [0.15, 0.2) is 64.6 Å². The number of anilines is 1. The minimum Gasteiger partial charge on any atom is -0.459 e. The van der Waals surface area contributed by atoms with E-state index in [1.54, 1.807) is 52.6 Å². The van der Waals surface area contributed by atoms with Crippen LogP contribution < -0.4 is 10.6 Å². The molecule has 1 aliphatic rings. The van der Waals surface area contributed by atoms with E-state index in [0.29, 0.717) is 49.4 Å². The lowest BCUT2D eigenvalue weighted by Gasteiger charge is -2.31. The number of hydrogen-bond donors (Lipinski definition) is 2. The van der Waals surface area contributed by atoms with Gasteiger partial charge in [0.2, 0.25) is 5.91 Å². The highest BCUT2D eigenvalue weighted by atomic mass is 32.1. The first-order chi connectivity index (χ1) is 16.1. The van der Waals surface area contributed by atoms with Gasteiger partial charge in [0.1, 0.15) is 0 Å². The maximum atomic E-state index is 12.7. The van der Waals surface area contributed by atoms with Gasteiger partial charge in [0.15, 0.2) is 5.76 Å². The number of carbonyl (C=O) groups excluding carboxylic acids is 3. The molecule has 1 aromatic carbocycles. The number of hydrogen-bond acceptors (Lipinski definition) is 5. The number of aryl methyl sites for hydroxylation is 1.